The van der Waals surface area contributed by atoms with Crippen molar-refractivity contribution in [1.29, 1.82) is 0 Å². The second-order valence-corrected chi connectivity index (χ2v) is 4.86. The number of amidine groups is 1. The highest BCUT2D eigenvalue weighted by atomic mass is 16.4. The summed E-state index contributed by atoms with van der Waals surface area (Å²) < 4.78 is 0. The zero-order valence-electron chi connectivity index (χ0n) is 10.6. The van der Waals surface area contributed by atoms with Crippen molar-refractivity contribution in [3.8, 4) is 0 Å². The van der Waals surface area contributed by atoms with Gasteiger partial charge < -0.3 is 16.3 Å². The van der Waals surface area contributed by atoms with E-state index in [0.717, 1.165) is 19.3 Å². The fraction of sp³-hybridized carbons (Fsp3) is 0.833. The third kappa shape index (κ3) is 3.61. The predicted octanol–water partition coefficient (Wildman–Crippen LogP) is 1.45. The molecule has 1 fully saturated rings. The first-order chi connectivity index (χ1) is 8.10. The molecule has 5 nitrogen and oxygen atoms in total. The Bertz CT molecular complexity index is 291. The third-order valence-electron chi connectivity index (χ3n) is 3.64. The molecule has 1 rings (SSSR count). The van der Waals surface area contributed by atoms with Gasteiger partial charge in [-0.3, -0.25) is 4.79 Å². The second kappa shape index (κ2) is 6.47. The molecule has 0 saturated heterocycles. The first kappa shape index (κ1) is 13.8. The van der Waals surface area contributed by atoms with Crippen LogP contribution in [0, 0.1) is 11.8 Å². The minimum atomic E-state index is -0.519. The number of carbonyl (C=O) groups is 1. The summed E-state index contributed by atoms with van der Waals surface area (Å²) in [5, 5.41) is 14.6. The molecule has 0 radical (unpaired) electrons. The molecule has 0 spiro atoms. The van der Waals surface area contributed by atoms with Gasteiger partial charge in [-0.25, -0.2) is 0 Å². The van der Waals surface area contributed by atoms with Crippen molar-refractivity contribution in [1.82, 2.24) is 5.32 Å². The van der Waals surface area contributed by atoms with Crippen LogP contribution in [0.15, 0.2) is 5.16 Å². The van der Waals surface area contributed by atoms with Gasteiger partial charge in [0.1, 0.15) is 0 Å². The molecule has 0 bridgehead atoms. The number of nitrogens with zero attached hydrogens (tertiary/aromatic N) is 1. The maximum atomic E-state index is 12.0. The van der Waals surface area contributed by atoms with Crippen LogP contribution < -0.4 is 11.1 Å². The van der Waals surface area contributed by atoms with E-state index < -0.39 is 5.92 Å². The summed E-state index contributed by atoms with van der Waals surface area (Å²) in [6, 6.07) is 0.233. The molecule has 1 amide bonds. The second-order valence-electron chi connectivity index (χ2n) is 4.86. The van der Waals surface area contributed by atoms with Crippen LogP contribution >= 0.6 is 0 Å². The lowest BCUT2D eigenvalue weighted by atomic mass is 9.85. The Morgan fingerprint density at radius 3 is 2.71 bits per heavy atom. The first-order valence-electron chi connectivity index (χ1n) is 6.37. The summed E-state index contributed by atoms with van der Waals surface area (Å²) in [4.78, 5) is 12.0. The fourth-order valence-corrected chi connectivity index (χ4v) is 2.41. The number of amides is 1. The van der Waals surface area contributed by atoms with Crippen LogP contribution in [0.5, 0.6) is 0 Å². The lowest BCUT2D eigenvalue weighted by molar-refractivity contribution is -0.124. The maximum Gasteiger partial charge on any atom is 0.231 e. The molecule has 0 heterocycles. The average molecular weight is 241 g/mol. The Kier molecular flexibility index (Phi) is 5.25. The van der Waals surface area contributed by atoms with Crippen molar-refractivity contribution >= 4 is 11.7 Å². The Hall–Kier alpha value is -1.26. The van der Waals surface area contributed by atoms with E-state index in [1.807, 2.05) is 6.92 Å². The fourth-order valence-electron chi connectivity index (χ4n) is 2.41. The standard InChI is InChI=1S/C12H23N3O2/c1-3-9(11(13)15-17)12(16)14-10-7-5-4-6-8(10)2/h8-10,17H,3-7H2,1-2H3,(H2,13,15)(H,14,16). The number of hydrogen-bond donors (Lipinski definition) is 3. The molecule has 1 saturated carbocycles. The zero-order valence-corrected chi connectivity index (χ0v) is 10.6. The molecular weight excluding hydrogens is 218 g/mol. The molecule has 17 heavy (non-hydrogen) atoms. The van der Waals surface area contributed by atoms with Crippen LogP contribution in [0.4, 0.5) is 0 Å². The SMILES string of the molecule is CCC(C(=O)NC1CCCCC1C)C(N)=NO. The highest BCUT2D eigenvalue weighted by molar-refractivity contribution is 6.02. The quantitative estimate of drug-likeness (QED) is 0.301. The average Bonchev–Trinajstić information content (AvgIpc) is 2.32. The van der Waals surface area contributed by atoms with Crippen LogP contribution in [0.2, 0.25) is 0 Å². The van der Waals surface area contributed by atoms with Crippen molar-refractivity contribution < 1.29 is 10.0 Å². The minimum absolute atomic E-state index is 0.00605. The van der Waals surface area contributed by atoms with E-state index in [2.05, 4.69) is 17.4 Å². The van der Waals surface area contributed by atoms with Gasteiger partial charge in [-0.1, -0.05) is 31.8 Å². The molecule has 3 atom stereocenters. The summed E-state index contributed by atoms with van der Waals surface area (Å²) in [5.41, 5.74) is 5.51. The minimum Gasteiger partial charge on any atom is -0.409 e. The molecule has 0 aromatic heterocycles. The zero-order chi connectivity index (χ0) is 12.8. The Morgan fingerprint density at radius 2 is 2.18 bits per heavy atom. The highest BCUT2D eigenvalue weighted by Crippen LogP contribution is 2.24. The number of hydrogen-bond acceptors (Lipinski definition) is 3. The third-order valence-corrected chi connectivity index (χ3v) is 3.64. The van der Waals surface area contributed by atoms with Crippen molar-refractivity contribution in [2.24, 2.45) is 22.7 Å². The monoisotopic (exact) mass is 241 g/mol. The molecule has 5 heteroatoms. The van der Waals surface area contributed by atoms with Crippen LogP contribution in [-0.2, 0) is 4.79 Å². The van der Waals surface area contributed by atoms with E-state index in [-0.39, 0.29) is 17.8 Å². The van der Waals surface area contributed by atoms with E-state index in [0.29, 0.717) is 12.3 Å². The predicted molar refractivity (Wildman–Crippen MR) is 66.8 cm³/mol. The van der Waals surface area contributed by atoms with Gasteiger partial charge in [-0.2, -0.15) is 0 Å². The van der Waals surface area contributed by atoms with Gasteiger partial charge in [0.2, 0.25) is 5.91 Å². The molecule has 0 aromatic rings. The van der Waals surface area contributed by atoms with Crippen molar-refractivity contribution in [3.05, 3.63) is 0 Å². The van der Waals surface area contributed by atoms with E-state index in [4.69, 9.17) is 10.9 Å². The van der Waals surface area contributed by atoms with E-state index >= 15 is 0 Å². The van der Waals surface area contributed by atoms with Crippen LogP contribution in [0.25, 0.3) is 0 Å². The number of oxime groups is 1. The summed E-state index contributed by atoms with van der Waals surface area (Å²) in [6.45, 7) is 4.02. The molecular formula is C12H23N3O2. The molecule has 1 aliphatic rings. The van der Waals surface area contributed by atoms with E-state index in [1.165, 1.54) is 6.42 Å². The van der Waals surface area contributed by atoms with Crippen molar-refractivity contribution in [2.75, 3.05) is 0 Å². The Labute approximate surface area is 102 Å². The molecule has 98 valence electrons. The van der Waals surface area contributed by atoms with Gasteiger partial charge in [-0.15, -0.1) is 0 Å². The normalized spacial score (nSPS) is 27.5. The molecule has 3 unspecified atom stereocenters. The van der Waals surface area contributed by atoms with Gasteiger partial charge in [0, 0.05) is 6.04 Å². The molecule has 1 aliphatic carbocycles. The lowest BCUT2D eigenvalue weighted by Gasteiger charge is -2.30. The van der Waals surface area contributed by atoms with Gasteiger partial charge in [0.05, 0.1) is 5.92 Å². The van der Waals surface area contributed by atoms with Crippen molar-refractivity contribution in [3.63, 3.8) is 0 Å². The molecule has 0 aromatic carbocycles. The lowest BCUT2D eigenvalue weighted by Crippen LogP contribution is -2.46. The number of nitrogens with two attached hydrogens (primary N) is 1. The smallest absolute Gasteiger partial charge is 0.231 e. The van der Waals surface area contributed by atoms with Gasteiger partial charge in [0.25, 0.3) is 0 Å². The van der Waals surface area contributed by atoms with Crippen molar-refractivity contribution in [2.45, 2.75) is 52.0 Å². The van der Waals surface area contributed by atoms with E-state index in [1.54, 1.807) is 0 Å². The Morgan fingerprint density at radius 1 is 1.53 bits per heavy atom. The van der Waals surface area contributed by atoms with Crippen LogP contribution in [-0.4, -0.2) is 23.0 Å². The number of nitrogens with one attached hydrogen (secondary N) is 1. The molecule has 0 aliphatic heterocycles. The van der Waals surface area contributed by atoms with Gasteiger partial charge >= 0.3 is 0 Å². The largest absolute Gasteiger partial charge is 0.409 e. The van der Waals surface area contributed by atoms with E-state index in [9.17, 15) is 4.79 Å². The van der Waals surface area contributed by atoms with Gasteiger partial charge in [0.15, 0.2) is 5.84 Å². The summed E-state index contributed by atoms with van der Waals surface area (Å²) in [5.74, 6) is -0.137. The maximum absolute atomic E-state index is 12.0. The highest BCUT2D eigenvalue weighted by Gasteiger charge is 2.27. The van der Waals surface area contributed by atoms with Gasteiger partial charge in [-0.05, 0) is 25.2 Å². The summed E-state index contributed by atoms with van der Waals surface area (Å²) >= 11 is 0. The number of carbonyl (C=O) groups excluding carboxylic acids is 1. The topological polar surface area (TPSA) is 87.7 Å². The van der Waals surface area contributed by atoms with Crippen LogP contribution in [0.3, 0.4) is 0 Å². The first-order valence-corrected chi connectivity index (χ1v) is 6.37. The Balaban J connectivity index is 2.57. The summed E-state index contributed by atoms with van der Waals surface area (Å²) in [6.07, 6.45) is 5.13. The van der Waals surface area contributed by atoms with Crippen LogP contribution in [0.1, 0.15) is 46.0 Å². The number of rotatable bonds is 4. The summed E-state index contributed by atoms with van der Waals surface area (Å²) in [7, 11) is 0. The molecule has 4 N–H and O–H groups in total.